The first-order valence-electron chi connectivity index (χ1n) is 17.1. The van der Waals surface area contributed by atoms with E-state index >= 15 is 0 Å². The second-order valence-corrected chi connectivity index (χ2v) is 14.5. The van der Waals surface area contributed by atoms with Crippen molar-refractivity contribution in [3.63, 3.8) is 0 Å². The molecular weight excluding hydrogens is 651 g/mol. The van der Waals surface area contributed by atoms with Gasteiger partial charge in [0.25, 0.3) is 5.56 Å². The molecule has 7 rings (SSSR count). The first-order chi connectivity index (χ1) is 23.8. The normalized spacial score (nSPS) is 20.8. The quantitative estimate of drug-likeness (QED) is 0.271. The number of aromatic amines is 1. The number of nitrogens with zero attached hydrogens (tertiary/aromatic N) is 3. The van der Waals surface area contributed by atoms with Crippen LogP contribution < -0.4 is 20.9 Å². The molecule has 3 fully saturated rings. The van der Waals surface area contributed by atoms with Crippen LogP contribution in [0.5, 0.6) is 5.75 Å². The van der Waals surface area contributed by atoms with Gasteiger partial charge in [0.1, 0.15) is 22.8 Å². The number of thioether (sulfide) groups is 1. The fourth-order valence-corrected chi connectivity index (χ4v) is 8.20. The zero-order chi connectivity index (χ0) is 33.9. The van der Waals surface area contributed by atoms with E-state index in [1.54, 1.807) is 17.8 Å². The van der Waals surface area contributed by atoms with E-state index in [1.807, 2.05) is 23.1 Å². The number of amides is 3. The lowest BCUT2D eigenvalue weighted by molar-refractivity contribution is -0.137. The molecule has 4 aliphatic heterocycles. The fourth-order valence-electron chi connectivity index (χ4n) is 7.15. The molecule has 0 aliphatic carbocycles. The number of nitrogens with one attached hydrogen (secondary N) is 3. The number of imide groups is 1. The summed E-state index contributed by atoms with van der Waals surface area (Å²) in [7, 11) is 0. The summed E-state index contributed by atoms with van der Waals surface area (Å²) in [5.41, 5.74) is 2.86. The molecule has 1 unspecified atom stereocenters. The summed E-state index contributed by atoms with van der Waals surface area (Å²) in [5, 5.41) is 6.14. The minimum absolute atomic E-state index is 0.00989. The molecule has 3 N–H and O–H groups in total. The maximum Gasteiger partial charge on any atom is 0.261 e. The second kappa shape index (κ2) is 14.9. The summed E-state index contributed by atoms with van der Waals surface area (Å²) in [5.74, 6) is 0.462. The lowest BCUT2D eigenvalue weighted by atomic mass is 9.97. The van der Waals surface area contributed by atoms with Crippen molar-refractivity contribution in [1.82, 2.24) is 25.1 Å². The minimum Gasteiger partial charge on any atom is -0.493 e. The predicted octanol–water partition coefficient (Wildman–Crippen LogP) is 3.32. The van der Waals surface area contributed by atoms with Gasteiger partial charge in [0.2, 0.25) is 17.7 Å². The highest BCUT2D eigenvalue weighted by Gasteiger charge is 2.35. The summed E-state index contributed by atoms with van der Waals surface area (Å²) < 4.78 is 26.4. The molecule has 260 valence electrons. The van der Waals surface area contributed by atoms with Gasteiger partial charge in [-0.25, -0.2) is 9.37 Å². The van der Waals surface area contributed by atoms with E-state index in [0.717, 1.165) is 55.7 Å². The zero-order valence-corrected chi connectivity index (χ0v) is 28.1. The number of benzene rings is 2. The molecule has 14 heteroatoms. The van der Waals surface area contributed by atoms with E-state index in [-0.39, 0.29) is 47.1 Å². The van der Waals surface area contributed by atoms with Crippen molar-refractivity contribution in [2.45, 2.75) is 68.7 Å². The summed E-state index contributed by atoms with van der Waals surface area (Å²) in [6.45, 7) is 4.42. The minimum atomic E-state index is -0.662. The molecule has 3 amide bonds. The van der Waals surface area contributed by atoms with Crippen molar-refractivity contribution < 1.29 is 28.2 Å². The summed E-state index contributed by atoms with van der Waals surface area (Å²) >= 11 is 1.73. The van der Waals surface area contributed by atoms with Gasteiger partial charge in [-0.1, -0.05) is 12.1 Å². The Morgan fingerprint density at radius 1 is 1.08 bits per heavy atom. The number of fused-ring (bicyclic) bond motifs is 2. The molecule has 1 aromatic heterocycles. The number of hydrogen-bond acceptors (Lipinski definition) is 10. The Labute approximate surface area is 287 Å². The van der Waals surface area contributed by atoms with Crippen LogP contribution in [0.2, 0.25) is 0 Å². The van der Waals surface area contributed by atoms with Gasteiger partial charge in [-0.3, -0.25) is 29.4 Å². The van der Waals surface area contributed by atoms with Gasteiger partial charge >= 0.3 is 0 Å². The number of H-pyrrole nitrogens is 1. The fraction of sp³-hybridized carbons (Fsp3) is 0.514. The molecule has 49 heavy (non-hydrogen) atoms. The highest BCUT2D eigenvalue weighted by Crippen LogP contribution is 2.32. The molecule has 12 nitrogen and oxygen atoms in total. The predicted molar refractivity (Wildman–Crippen MR) is 183 cm³/mol. The van der Waals surface area contributed by atoms with Crippen LogP contribution in [0.3, 0.4) is 0 Å². The topological polar surface area (TPSA) is 146 Å². The van der Waals surface area contributed by atoms with Gasteiger partial charge in [0, 0.05) is 68.9 Å². The lowest BCUT2D eigenvalue weighted by Crippen LogP contribution is -2.50. The Morgan fingerprint density at radius 2 is 1.90 bits per heavy atom. The van der Waals surface area contributed by atoms with Crippen LogP contribution >= 0.6 is 11.8 Å². The van der Waals surface area contributed by atoms with E-state index in [4.69, 9.17) is 9.47 Å². The van der Waals surface area contributed by atoms with Crippen LogP contribution in [0.1, 0.15) is 55.5 Å². The van der Waals surface area contributed by atoms with Crippen LogP contribution in [-0.4, -0.2) is 88.2 Å². The third kappa shape index (κ3) is 7.76. The molecule has 3 aromatic rings. The average molecular weight is 693 g/mol. The number of piperidine rings is 2. The molecule has 3 saturated heterocycles. The Bertz CT molecular complexity index is 1790. The van der Waals surface area contributed by atoms with Gasteiger partial charge < -0.3 is 24.7 Å². The average Bonchev–Trinajstić information content (AvgIpc) is 3.54. The number of carbonyl (C=O) groups is 3. The number of carbonyl (C=O) groups excluding carboxylic acids is 3. The SMILES string of the molecule is O=C1CCC(N2Cc3cccc(NCC(=O)N4CCC(COc5cc(F)c6c(=O)[nH]c(CSC7CCOCC7)nc6c5)CC4)c3C2)C(=O)N1. The molecule has 5 heterocycles. The van der Waals surface area contributed by atoms with Crippen molar-refractivity contribution >= 4 is 46.1 Å². The molecule has 1 atom stereocenters. The Kier molecular flexibility index (Phi) is 10.1. The number of aromatic nitrogens is 2. The van der Waals surface area contributed by atoms with Gasteiger partial charge in [-0.15, -0.1) is 0 Å². The van der Waals surface area contributed by atoms with Crippen molar-refractivity contribution in [1.29, 1.82) is 0 Å². The van der Waals surface area contributed by atoms with Gasteiger partial charge in [0.15, 0.2) is 0 Å². The number of anilines is 1. The summed E-state index contributed by atoms with van der Waals surface area (Å²) in [6.07, 6.45) is 4.29. The molecular formula is C35H41FN6O6S. The lowest BCUT2D eigenvalue weighted by Gasteiger charge is -2.32. The molecule has 0 saturated carbocycles. The van der Waals surface area contributed by atoms with E-state index in [1.165, 1.54) is 6.07 Å². The smallest absolute Gasteiger partial charge is 0.261 e. The van der Waals surface area contributed by atoms with Crippen molar-refractivity contribution in [3.8, 4) is 5.75 Å². The van der Waals surface area contributed by atoms with E-state index < -0.39 is 11.4 Å². The summed E-state index contributed by atoms with van der Waals surface area (Å²) in [4.78, 5) is 61.1. The van der Waals surface area contributed by atoms with Gasteiger partial charge in [0.05, 0.1) is 30.5 Å². The number of hydrogen-bond donors (Lipinski definition) is 3. The number of likely N-dealkylation sites (tertiary alicyclic amines) is 1. The standard InChI is InChI=1S/C35H41FN6O6S/c36-26-14-23(15-28-33(26)35(46)39-30(38-28)20-49-24-8-12-47-13-9-24)48-19-21-6-10-41(11-7-21)32(44)16-37-27-3-1-2-22-17-42(18-25(22)27)29-4-5-31(43)40-34(29)45/h1-3,14-15,21,24,29,37H,4-13,16-20H2,(H,38,39,46)(H,40,43,45). The van der Waals surface area contributed by atoms with E-state index in [2.05, 4.69) is 25.5 Å². The van der Waals surface area contributed by atoms with Crippen molar-refractivity contribution in [2.24, 2.45) is 5.92 Å². The van der Waals surface area contributed by atoms with Gasteiger partial charge in [-0.2, -0.15) is 11.8 Å². The largest absolute Gasteiger partial charge is 0.493 e. The Morgan fingerprint density at radius 3 is 2.69 bits per heavy atom. The van der Waals surface area contributed by atoms with Crippen LogP contribution in [0, 0.1) is 11.7 Å². The van der Waals surface area contributed by atoms with Crippen LogP contribution in [-0.2, 0) is 38.0 Å². The third-order valence-corrected chi connectivity index (χ3v) is 11.3. The van der Waals surface area contributed by atoms with Crippen molar-refractivity contribution in [2.75, 3.05) is 44.8 Å². The first-order valence-corrected chi connectivity index (χ1v) is 18.1. The number of ether oxygens (including phenoxy) is 2. The Balaban J connectivity index is 0.887. The maximum absolute atomic E-state index is 15.0. The first kappa shape index (κ1) is 33.5. The molecule has 2 aromatic carbocycles. The maximum atomic E-state index is 15.0. The van der Waals surface area contributed by atoms with E-state index in [0.29, 0.717) is 68.2 Å². The second-order valence-electron chi connectivity index (χ2n) is 13.2. The monoisotopic (exact) mass is 692 g/mol. The van der Waals surface area contributed by atoms with Crippen LogP contribution in [0.15, 0.2) is 35.1 Å². The zero-order valence-electron chi connectivity index (χ0n) is 27.3. The molecule has 0 bridgehead atoms. The highest BCUT2D eigenvalue weighted by atomic mass is 32.2. The highest BCUT2D eigenvalue weighted by molar-refractivity contribution is 7.99. The Hall–Kier alpha value is -4.01. The van der Waals surface area contributed by atoms with Gasteiger partial charge in [-0.05, 0) is 55.2 Å². The summed E-state index contributed by atoms with van der Waals surface area (Å²) in [6, 6.07) is 8.48. The van der Waals surface area contributed by atoms with Crippen molar-refractivity contribution in [3.05, 3.63) is 63.5 Å². The number of halogens is 1. The van der Waals surface area contributed by atoms with Crippen LogP contribution in [0.25, 0.3) is 10.9 Å². The molecule has 0 radical (unpaired) electrons. The molecule has 0 spiro atoms. The van der Waals surface area contributed by atoms with E-state index in [9.17, 15) is 23.6 Å². The third-order valence-electron chi connectivity index (χ3n) is 9.95. The molecule has 4 aliphatic rings. The number of rotatable bonds is 10. The van der Waals surface area contributed by atoms with Crippen LogP contribution in [0.4, 0.5) is 10.1 Å².